The number of benzene rings is 2. The minimum atomic E-state index is -0.833. The number of halogens is 1. The van der Waals surface area contributed by atoms with Crippen LogP contribution in [0.1, 0.15) is 29.5 Å². The van der Waals surface area contributed by atoms with Gasteiger partial charge in [-0.2, -0.15) is 0 Å². The molecule has 2 heterocycles. The van der Waals surface area contributed by atoms with Crippen LogP contribution in [0.5, 0.6) is 0 Å². The lowest BCUT2D eigenvalue weighted by atomic mass is 9.82. The maximum Gasteiger partial charge on any atom is 0.337 e. The molecule has 0 fully saturated rings. The summed E-state index contributed by atoms with van der Waals surface area (Å²) in [6, 6.07) is 14.8. The van der Waals surface area contributed by atoms with Crippen LogP contribution in [0.25, 0.3) is 0 Å². The Kier molecular flexibility index (Phi) is 5.52. The van der Waals surface area contributed by atoms with Crippen molar-refractivity contribution >= 4 is 11.8 Å². The summed E-state index contributed by atoms with van der Waals surface area (Å²) in [6.07, 6.45) is 0. The minimum Gasteiger partial charge on any atom is -0.457 e. The fraction of sp³-hybridized carbons (Fsp3) is 0.208. The van der Waals surface area contributed by atoms with Gasteiger partial charge in [0.15, 0.2) is 0 Å². The van der Waals surface area contributed by atoms with Crippen molar-refractivity contribution in [2.45, 2.75) is 19.4 Å². The highest BCUT2D eigenvalue weighted by atomic mass is 19.1. The van der Waals surface area contributed by atoms with Crippen LogP contribution >= 0.6 is 0 Å². The lowest BCUT2D eigenvalue weighted by Gasteiger charge is -2.30. The summed E-state index contributed by atoms with van der Waals surface area (Å²) >= 11 is 0. The van der Waals surface area contributed by atoms with Gasteiger partial charge < -0.3 is 10.1 Å². The summed E-state index contributed by atoms with van der Waals surface area (Å²) in [5, 5.41) is 3.03. The number of carbonyl (C=O) groups excluding carboxylic acids is 1. The van der Waals surface area contributed by atoms with Gasteiger partial charge in [0, 0.05) is 19.8 Å². The van der Waals surface area contributed by atoms with Gasteiger partial charge in [-0.15, -0.1) is 0 Å². The van der Waals surface area contributed by atoms with Crippen LogP contribution in [0.2, 0.25) is 0 Å². The molecule has 4 rings (SSSR count). The number of anilines is 1. The topological polar surface area (TPSA) is 82.3 Å². The average Bonchev–Trinajstić information content (AvgIpc) is 2.80. The highest BCUT2D eigenvalue weighted by molar-refractivity contribution is 5.94. The summed E-state index contributed by atoms with van der Waals surface area (Å²) in [5.74, 6) is -1.58. The molecule has 3 aromatic rings. The maximum absolute atomic E-state index is 13.6. The molecule has 0 aliphatic carbocycles. The van der Waals surface area contributed by atoms with Gasteiger partial charge in [-0.05, 0) is 30.2 Å². The molecule has 0 amide bonds. The molecule has 164 valence electrons. The lowest BCUT2D eigenvalue weighted by molar-refractivity contribution is -0.140. The Labute approximate surface area is 183 Å². The van der Waals surface area contributed by atoms with E-state index < -0.39 is 29.0 Å². The van der Waals surface area contributed by atoms with Crippen molar-refractivity contribution in [3.05, 3.63) is 109 Å². The monoisotopic (exact) mass is 435 g/mol. The third-order valence-electron chi connectivity index (χ3n) is 5.62. The first-order chi connectivity index (χ1) is 15.3. The summed E-state index contributed by atoms with van der Waals surface area (Å²) in [7, 11) is 2.92. The number of hydrogen-bond donors (Lipinski definition) is 1. The normalized spacial score (nSPS) is 15.2. The number of rotatable bonds is 4. The van der Waals surface area contributed by atoms with Crippen molar-refractivity contribution in [1.29, 1.82) is 0 Å². The number of hydrogen-bond acceptors (Lipinski definition) is 5. The predicted molar refractivity (Wildman–Crippen MR) is 118 cm³/mol. The summed E-state index contributed by atoms with van der Waals surface area (Å²) in [5.41, 5.74) is 1.23. The van der Waals surface area contributed by atoms with E-state index in [0.29, 0.717) is 17.1 Å². The second-order valence-electron chi connectivity index (χ2n) is 7.68. The van der Waals surface area contributed by atoms with Crippen molar-refractivity contribution in [2.75, 3.05) is 5.32 Å². The number of nitrogens with zero attached hydrogens (tertiary/aromatic N) is 2. The molecule has 0 saturated heterocycles. The van der Waals surface area contributed by atoms with Crippen LogP contribution in [-0.2, 0) is 30.2 Å². The van der Waals surface area contributed by atoms with Crippen LogP contribution in [0.3, 0.4) is 0 Å². The first-order valence-electron chi connectivity index (χ1n) is 10.0. The summed E-state index contributed by atoms with van der Waals surface area (Å²) < 4.78 is 21.5. The van der Waals surface area contributed by atoms with Gasteiger partial charge in [0.2, 0.25) is 0 Å². The van der Waals surface area contributed by atoms with Crippen molar-refractivity contribution in [3.8, 4) is 0 Å². The summed E-state index contributed by atoms with van der Waals surface area (Å²) in [6.45, 7) is 1.74. The van der Waals surface area contributed by atoms with Gasteiger partial charge in [0.05, 0.1) is 17.1 Å². The van der Waals surface area contributed by atoms with Gasteiger partial charge in [-0.25, -0.2) is 14.0 Å². The van der Waals surface area contributed by atoms with E-state index in [0.717, 1.165) is 10.1 Å². The second-order valence-corrected chi connectivity index (χ2v) is 7.68. The smallest absolute Gasteiger partial charge is 0.337 e. The van der Waals surface area contributed by atoms with Crippen molar-refractivity contribution in [2.24, 2.45) is 14.1 Å². The zero-order valence-electron chi connectivity index (χ0n) is 17.9. The first-order valence-corrected chi connectivity index (χ1v) is 10.0. The van der Waals surface area contributed by atoms with Crippen LogP contribution in [0.4, 0.5) is 10.2 Å². The molecule has 0 radical (unpaired) electrons. The Balaban J connectivity index is 1.86. The Hall–Kier alpha value is -3.94. The van der Waals surface area contributed by atoms with E-state index in [4.69, 9.17) is 4.74 Å². The number of ether oxygens (including phenoxy) is 1. The molecule has 8 heteroatoms. The van der Waals surface area contributed by atoms with E-state index in [2.05, 4.69) is 5.32 Å². The van der Waals surface area contributed by atoms with Crippen molar-refractivity contribution in [3.63, 3.8) is 0 Å². The molecule has 32 heavy (non-hydrogen) atoms. The van der Waals surface area contributed by atoms with Crippen molar-refractivity contribution in [1.82, 2.24) is 9.13 Å². The van der Waals surface area contributed by atoms with E-state index in [-0.39, 0.29) is 17.7 Å². The number of nitrogens with one attached hydrogen (secondary N) is 1. The number of aromatic nitrogens is 2. The Morgan fingerprint density at radius 1 is 1.03 bits per heavy atom. The van der Waals surface area contributed by atoms with Gasteiger partial charge in [-0.1, -0.05) is 42.5 Å². The third-order valence-corrected chi connectivity index (χ3v) is 5.62. The molecule has 0 bridgehead atoms. The quantitative estimate of drug-likeness (QED) is 0.638. The summed E-state index contributed by atoms with van der Waals surface area (Å²) in [4.78, 5) is 38.8. The van der Waals surface area contributed by atoms with Crippen LogP contribution in [-0.4, -0.2) is 15.1 Å². The molecule has 1 aliphatic rings. The zero-order valence-corrected chi connectivity index (χ0v) is 17.9. The highest BCUT2D eigenvalue weighted by Crippen LogP contribution is 2.40. The van der Waals surface area contributed by atoms with Gasteiger partial charge in [-0.3, -0.25) is 13.9 Å². The molecule has 1 unspecified atom stereocenters. The predicted octanol–water partition coefficient (Wildman–Crippen LogP) is 2.80. The molecule has 0 saturated carbocycles. The molecular formula is C24H22FN3O4. The standard InChI is InChI=1S/C24H22FN3O4/c1-14-18(23(30)32-13-15-7-5-4-6-8-15)19(16-9-11-17(25)12-10-16)20-21(26-14)27(2)24(31)28(3)22(20)29/h4-12,19,26H,13H2,1-3H3. The lowest BCUT2D eigenvalue weighted by Crippen LogP contribution is -2.43. The maximum atomic E-state index is 13.6. The van der Waals surface area contributed by atoms with Crippen LogP contribution in [0, 0.1) is 5.82 Å². The molecular weight excluding hydrogens is 413 g/mol. The molecule has 7 nitrogen and oxygen atoms in total. The molecule has 1 N–H and O–H groups in total. The van der Waals surface area contributed by atoms with E-state index in [1.54, 1.807) is 14.0 Å². The van der Waals surface area contributed by atoms with E-state index in [9.17, 15) is 18.8 Å². The number of esters is 1. The number of allylic oxidation sites excluding steroid dienone is 1. The Morgan fingerprint density at radius 2 is 1.69 bits per heavy atom. The Morgan fingerprint density at radius 3 is 2.34 bits per heavy atom. The molecule has 1 aliphatic heterocycles. The highest BCUT2D eigenvalue weighted by Gasteiger charge is 2.37. The minimum absolute atomic E-state index is 0.0603. The largest absolute Gasteiger partial charge is 0.457 e. The van der Waals surface area contributed by atoms with E-state index in [1.807, 2.05) is 30.3 Å². The fourth-order valence-electron chi connectivity index (χ4n) is 3.95. The van der Waals surface area contributed by atoms with Gasteiger partial charge in [0.1, 0.15) is 18.2 Å². The van der Waals surface area contributed by atoms with Gasteiger partial charge in [0.25, 0.3) is 5.56 Å². The van der Waals surface area contributed by atoms with E-state index in [1.165, 1.54) is 35.9 Å². The molecule has 1 aromatic heterocycles. The van der Waals surface area contributed by atoms with E-state index >= 15 is 0 Å². The molecule has 2 aromatic carbocycles. The van der Waals surface area contributed by atoms with Gasteiger partial charge >= 0.3 is 11.7 Å². The Bertz CT molecular complexity index is 1340. The third kappa shape index (κ3) is 3.64. The number of carbonyl (C=O) groups is 1. The number of fused-ring (bicyclic) bond motifs is 1. The SMILES string of the molecule is CC1=C(C(=O)OCc2ccccc2)C(c2ccc(F)cc2)c2c(n(C)c(=O)n(C)c2=O)N1. The fourth-order valence-corrected chi connectivity index (χ4v) is 3.95. The second kappa shape index (κ2) is 8.30. The van der Waals surface area contributed by atoms with Crippen LogP contribution < -0.4 is 16.6 Å². The van der Waals surface area contributed by atoms with Crippen molar-refractivity contribution < 1.29 is 13.9 Å². The zero-order chi connectivity index (χ0) is 23.0. The van der Waals surface area contributed by atoms with Crippen LogP contribution in [0.15, 0.2) is 75.5 Å². The molecule has 0 spiro atoms. The molecule has 1 atom stereocenters. The first kappa shape index (κ1) is 21.3. The average molecular weight is 435 g/mol.